The number of aromatic hydroxyl groups is 1. The number of nitrogens with one attached hydrogen (secondary N) is 1. The lowest BCUT2D eigenvalue weighted by Crippen LogP contribution is -2.31. The van der Waals surface area contributed by atoms with Crippen LogP contribution in [0.25, 0.3) is 6.08 Å². The molecule has 0 aliphatic carbocycles. The number of phenolic OH excluding ortho intramolecular Hbond substituents is 1. The van der Waals surface area contributed by atoms with E-state index in [0.29, 0.717) is 14.2 Å². The van der Waals surface area contributed by atoms with Crippen LogP contribution >= 0.6 is 35.6 Å². The number of anilines is 1. The van der Waals surface area contributed by atoms with E-state index in [1.165, 1.54) is 34.9 Å². The van der Waals surface area contributed by atoms with Crippen molar-refractivity contribution in [2.45, 2.75) is 6.42 Å². The third-order valence-corrected chi connectivity index (χ3v) is 5.64. The average Bonchev–Trinajstić information content (AvgIpc) is 2.97. The van der Waals surface area contributed by atoms with Crippen LogP contribution in [0.3, 0.4) is 0 Å². The average molecular weight is 445 g/mol. The number of hydrogen-bond donors (Lipinski definition) is 2. The van der Waals surface area contributed by atoms with Gasteiger partial charge < -0.3 is 10.4 Å². The number of hydrogen-bond acceptors (Lipinski definition) is 5. The van der Waals surface area contributed by atoms with Crippen LogP contribution in [0.5, 0.6) is 5.75 Å². The maximum absolute atomic E-state index is 12.6. The van der Waals surface area contributed by atoms with Gasteiger partial charge in [-0.1, -0.05) is 78.1 Å². The van der Waals surface area contributed by atoms with Crippen molar-refractivity contribution in [2.24, 2.45) is 0 Å². The van der Waals surface area contributed by atoms with Gasteiger partial charge in [0.25, 0.3) is 5.91 Å². The molecule has 1 heterocycles. The van der Waals surface area contributed by atoms with Crippen LogP contribution in [0.1, 0.15) is 12.0 Å². The first-order valence-corrected chi connectivity index (χ1v) is 10.3. The summed E-state index contributed by atoms with van der Waals surface area (Å²) in [5.41, 5.74) is 1.25. The lowest BCUT2D eigenvalue weighted by atomic mass is 10.2. The number of amides is 2. The van der Waals surface area contributed by atoms with E-state index in [4.69, 9.17) is 23.8 Å². The minimum Gasteiger partial charge on any atom is -0.506 e. The molecule has 0 saturated carbocycles. The molecule has 0 spiro atoms. The third kappa shape index (κ3) is 5.69. The first-order chi connectivity index (χ1) is 13.9. The molecule has 1 saturated heterocycles. The van der Waals surface area contributed by atoms with Crippen molar-refractivity contribution in [3.8, 4) is 5.75 Å². The van der Waals surface area contributed by atoms with Gasteiger partial charge in [-0.25, -0.2) is 0 Å². The van der Waals surface area contributed by atoms with Crippen molar-refractivity contribution in [1.82, 2.24) is 4.90 Å². The number of carbonyl (C=O) groups excluding carboxylic acids is 2. The van der Waals surface area contributed by atoms with E-state index < -0.39 is 0 Å². The molecule has 5 nitrogen and oxygen atoms in total. The molecule has 1 aliphatic rings. The van der Waals surface area contributed by atoms with Crippen LogP contribution in [0.4, 0.5) is 5.69 Å². The van der Waals surface area contributed by atoms with Gasteiger partial charge in [-0.05, 0) is 29.8 Å². The molecule has 8 heteroatoms. The first kappa shape index (κ1) is 21.1. The van der Waals surface area contributed by atoms with Gasteiger partial charge in [0, 0.05) is 18.0 Å². The molecule has 2 N–H and O–H groups in total. The molecule has 1 fully saturated rings. The van der Waals surface area contributed by atoms with Crippen LogP contribution in [0.15, 0.2) is 65.6 Å². The number of allylic oxidation sites excluding steroid dienone is 2. The number of rotatable bonds is 6. The maximum Gasteiger partial charge on any atom is 0.266 e. The molecule has 3 rings (SSSR count). The van der Waals surface area contributed by atoms with Crippen molar-refractivity contribution in [3.05, 3.63) is 76.2 Å². The summed E-state index contributed by atoms with van der Waals surface area (Å²) in [4.78, 5) is 26.6. The monoisotopic (exact) mass is 444 g/mol. The fourth-order valence-corrected chi connectivity index (χ4v) is 3.98. The fourth-order valence-electron chi connectivity index (χ4n) is 2.55. The Kier molecular flexibility index (Phi) is 7.09. The zero-order chi connectivity index (χ0) is 20.8. The molecule has 148 valence electrons. The predicted octanol–water partition coefficient (Wildman–Crippen LogP) is 4.83. The van der Waals surface area contributed by atoms with E-state index >= 15 is 0 Å². The highest BCUT2D eigenvalue weighted by atomic mass is 35.5. The van der Waals surface area contributed by atoms with Crippen molar-refractivity contribution in [3.63, 3.8) is 0 Å². The molecule has 2 amide bonds. The molecule has 0 unspecified atom stereocenters. The number of benzene rings is 2. The standard InChI is InChI=1S/C21H17ClN2O3S2/c22-15-9-10-17(25)16(13-15)23-19(26)11-12-24-20(27)18(29-21(24)28)8-4-7-14-5-2-1-3-6-14/h1-10,13,25H,11-12H2,(H,23,26)/b7-4+,18-8+. The molecule has 0 atom stereocenters. The van der Waals surface area contributed by atoms with Crippen LogP contribution < -0.4 is 5.32 Å². The summed E-state index contributed by atoms with van der Waals surface area (Å²) in [6, 6.07) is 14.1. The lowest BCUT2D eigenvalue weighted by molar-refractivity contribution is -0.122. The van der Waals surface area contributed by atoms with Gasteiger partial charge in [0.1, 0.15) is 10.1 Å². The van der Waals surface area contributed by atoms with Crippen molar-refractivity contribution < 1.29 is 14.7 Å². The topological polar surface area (TPSA) is 69.6 Å². The largest absolute Gasteiger partial charge is 0.506 e. The number of thiocarbonyl (C=S) groups is 1. The molecular weight excluding hydrogens is 428 g/mol. The third-order valence-electron chi connectivity index (χ3n) is 4.00. The minimum absolute atomic E-state index is 0.0333. The molecule has 29 heavy (non-hydrogen) atoms. The van der Waals surface area contributed by atoms with E-state index in [2.05, 4.69) is 5.32 Å². The minimum atomic E-state index is -0.357. The Hall–Kier alpha value is -2.61. The van der Waals surface area contributed by atoms with Crippen LogP contribution in [-0.2, 0) is 9.59 Å². The normalized spacial score (nSPS) is 15.5. The zero-order valence-corrected chi connectivity index (χ0v) is 17.6. The van der Waals surface area contributed by atoms with Gasteiger partial charge in [0.05, 0.1) is 10.6 Å². The second-order valence-electron chi connectivity index (χ2n) is 6.09. The van der Waals surface area contributed by atoms with Crippen molar-refractivity contribution >= 4 is 63.5 Å². The Morgan fingerprint density at radius 2 is 2.00 bits per heavy atom. The number of phenols is 1. The molecule has 1 aliphatic heterocycles. The molecule has 2 aromatic carbocycles. The number of carbonyl (C=O) groups is 2. The van der Waals surface area contributed by atoms with Crippen molar-refractivity contribution in [1.29, 1.82) is 0 Å². The quantitative estimate of drug-likeness (QED) is 0.379. The Balaban J connectivity index is 1.57. The Labute approximate surface area is 183 Å². The molecule has 2 aromatic rings. The lowest BCUT2D eigenvalue weighted by Gasteiger charge is -2.14. The number of halogens is 1. The van der Waals surface area contributed by atoms with Crippen LogP contribution in [0.2, 0.25) is 5.02 Å². The SMILES string of the molecule is O=C(CCN1C(=O)/C(=C\C=C\c2ccccc2)SC1=S)Nc1cc(Cl)ccc1O. The summed E-state index contributed by atoms with van der Waals surface area (Å²) < 4.78 is 0.410. The highest BCUT2D eigenvalue weighted by molar-refractivity contribution is 8.26. The second-order valence-corrected chi connectivity index (χ2v) is 8.20. The highest BCUT2D eigenvalue weighted by Crippen LogP contribution is 2.31. The molecule has 0 bridgehead atoms. The van der Waals surface area contributed by atoms with Gasteiger partial charge in [0.2, 0.25) is 5.91 Å². The summed E-state index contributed by atoms with van der Waals surface area (Å²) in [5.74, 6) is -0.665. The van der Waals surface area contributed by atoms with E-state index in [1.54, 1.807) is 12.2 Å². The van der Waals surface area contributed by atoms with Gasteiger partial charge >= 0.3 is 0 Å². The Morgan fingerprint density at radius 1 is 1.24 bits per heavy atom. The maximum atomic E-state index is 12.6. The highest BCUT2D eigenvalue weighted by Gasteiger charge is 2.31. The number of thioether (sulfide) groups is 1. The summed E-state index contributed by atoms with van der Waals surface area (Å²) in [6.45, 7) is 0.150. The van der Waals surface area contributed by atoms with Crippen LogP contribution in [0, 0.1) is 0 Å². The van der Waals surface area contributed by atoms with E-state index in [9.17, 15) is 14.7 Å². The van der Waals surface area contributed by atoms with Crippen molar-refractivity contribution in [2.75, 3.05) is 11.9 Å². The molecule has 0 aromatic heterocycles. The van der Waals surface area contributed by atoms with E-state index in [-0.39, 0.29) is 36.2 Å². The fraction of sp³-hybridized carbons (Fsp3) is 0.0952. The Bertz CT molecular complexity index is 1010. The predicted molar refractivity (Wildman–Crippen MR) is 122 cm³/mol. The van der Waals surface area contributed by atoms with Gasteiger partial charge in [-0.15, -0.1) is 0 Å². The summed E-state index contributed by atoms with van der Waals surface area (Å²) >= 11 is 12.3. The smallest absolute Gasteiger partial charge is 0.266 e. The molecular formula is C21H17ClN2O3S2. The zero-order valence-electron chi connectivity index (χ0n) is 15.2. The number of nitrogens with zero attached hydrogens (tertiary/aromatic N) is 1. The summed E-state index contributed by atoms with van der Waals surface area (Å²) in [7, 11) is 0. The first-order valence-electron chi connectivity index (χ1n) is 8.69. The molecule has 0 radical (unpaired) electrons. The van der Waals surface area contributed by atoms with Crippen LogP contribution in [-0.4, -0.2) is 32.7 Å². The summed E-state index contributed by atoms with van der Waals surface area (Å²) in [6.07, 6.45) is 5.45. The van der Waals surface area contributed by atoms with E-state index in [0.717, 1.165) is 5.56 Å². The second kappa shape index (κ2) is 9.73. The Morgan fingerprint density at radius 3 is 2.76 bits per heavy atom. The van der Waals surface area contributed by atoms with E-state index in [1.807, 2.05) is 36.4 Å². The van der Waals surface area contributed by atoms with Gasteiger partial charge in [0.15, 0.2) is 0 Å². The summed E-state index contributed by atoms with van der Waals surface area (Å²) in [5, 5.41) is 12.7. The van der Waals surface area contributed by atoms with Gasteiger partial charge in [-0.3, -0.25) is 14.5 Å². The van der Waals surface area contributed by atoms with Gasteiger partial charge in [-0.2, -0.15) is 0 Å².